The lowest BCUT2D eigenvalue weighted by molar-refractivity contribution is -0.375. The van der Waals surface area contributed by atoms with Gasteiger partial charge in [0.15, 0.2) is 0 Å². The van der Waals surface area contributed by atoms with E-state index in [2.05, 4.69) is 0 Å². The molecule has 0 amide bonds. The van der Waals surface area contributed by atoms with Gasteiger partial charge in [-0.1, -0.05) is 13.5 Å². The van der Waals surface area contributed by atoms with Gasteiger partial charge >= 0.3 is 24.4 Å². The van der Waals surface area contributed by atoms with Crippen molar-refractivity contribution in [3.8, 4) is 0 Å². The molecule has 0 radical (unpaired) electrons. The molecular weight excluding hydrogens is 251 g/mol. The first-order valence-electron chi connectivity index (χ1n) is 2.55. The van der Waals surface area contributed by atoms with E-state index in [1.54, 1.807) is 0 Å². The molecule has 0 saturated heterocycles. The zero-order chi connectivity index (χ0) is 11.1. The Morgan fingerprint density at radius 2 is 1.00 bits per heavy atom. The van der Waals surface area contributed by atoms with E-state index in [9.17, 15) is 39.5 Å². The summed E-state index contributed by atoms with van der Waals surface area (Å²) in [6.07, 6.45) is -11.8. The Morgan fingerprint density at radius 1 is 0.714 bits per heavy atom. The van der Waals surface area contributed by atoms with E-state index < -0.39 is 24.4 Å². The number of hydrogen-bond donors (Lipinski definition) is 0. The van der Waals surface area contributed by atoms with E-state index >= 15 is 0 Å². The van der Waals surface area contributed by atoms with Gasteiger partial charge in [-0.3, -0.25) is 0 Å². The summed E-state index contributed by atoms with van der Waals surface area (Å²) in [6.45, 7) is 0. The van der Waals surface area contributed by atoms with Gasteiger partial charge in [0.25, 0.3) is 0 Å². The Morgan fingerprint density at radius 3 is 1.07 bits per heavy atom. The van der Waals surface area contributed by atoms with E-state index in [4.69, 9.17) is 0 Å². The van der Waals surface area contributed by atoms with Crippen LogP contribution in [-0.2, 0) is 13.5 Å². The van der Waals surface area contributed by atoms with Crippen LogP contribution < -0.4 is 0 Å². The third-order valence-electron chi connectivity index (χ3n) is 1.05. The Hall–Kier alpha value is -0.280. The molecule has 0 N–H and O–H groups in total. The van der Waals surface area contributed by atoms with E-state index in [1.165, 1.54) is 0 Å². The summed E-state index contributed by atoms with van der Waals surface area (Å²) in [4.78, 5) is 0. The van der Waals surface area contributed by atoms with Crippen molar-refractivity contribution in [2.75, 3.05) is 0 Å². The van der Waals surface area contributed by atoms with Gasteiger partial charge in [-0.2, -0.15) is 30.7 Å². The van der Waals surface area contributed by atoms with Crippen molar-refractivity contribution in [1.29, 1.82) is 0 Å². The summed E-state index contributed by atoms with van der Waals surface area (Å²) in [6, 6.07) is 0. The van der Waals surface area contributed by atoms with Gasteiger partial charge in [0.1, 0.15) is 0 Å². The predicted octanol–water partition coefficient (Wildman–Crippen LogP) is 2.28. The summed E-state index contributed by atoms with van der Waals surface area (Å²) in [5.41, 5.74) is 0. The van der Waals surface area contributed by atoms with Gasteiger partial charge in [0.2, 0.25) is 0 Å². The van der Waals surface area contributed by atoms with Crippen molar-refractivity contribution in [1.82, 2.24) is 0 Å². The number of rotatable bonds is 2. The molecule has 0 heterocycles. The standard InChI is InChI=1S/C4HF9.H2S/c5-1(6)2(7,8)3(9,10)4(11,12)13;/h1H;1H2/p+1. The number of halogens is 9. The number of alkyl halides is 9. The summed E-state index contributed by atoms with van der Waals surface area (Å²) < 4.78 is 102. The Balaban J connectivity index is 0. The maximum atomic E-state index is 11.6. The normalized spacial score (nSPS) is 14.1. The second kappa shape index (κ2) is 4.07. The van der Waals surface area contributed by atoms with Crippen LogP contribution in [0.15, 0.2) is 0 Å². The first-order valence-corrected chi connectivity index (χ1v) is 2.55. The highest BCUT2D eigenvalue weighted by Crippen LogP contribution is 2.48. The highest BCUT2D eigenvalue weighted by molar-refractivity contribution is 7.37. The SMILES string of the molecule is FC(F)C(F)(F)C(F)(F)C(F)(F)F.[SH3+]. The fraction of sp³-hybridized carbons (Fsp3) is 1.00. The Kier molecular flexibility index (Phi) is 4.70. The topological polar surface area (TPSA) is 0 Å². The van der Waals surface area contributed by atoms with Crippen LogP contribution in [-0.4, -0.2) is 24.4 Å². The van der Waals surface area contributed by atoms with Crippen LogP contribution in [0.5, 0.6) is 0 Å². The molecule has 0 unspecified atom stereocenters. The van der Waals surface area contributed by atoms with Gasteiger partial charge in [-0.05, 0) is 0 Å². The van der Waals surface area contributed by atoms with Crippen LogP contribution in [0.2, 0.25) is 0 Å². The number of hydrogen-bond acceptors (Lipinski definition) is 0. The molecule has 0 aromatic carbocycles. The molecule has 0 aromatic rings. The monoisotopic (exact) mass is 255 g/mol. The van der Waals surface area contributed by atoms with E-state index in [0.29, 0.717) is 0 Å². The molecular formula is C4H4F9S+. The molecule has 0 rings (SSSR count). The average Bonchev–Trinajstić information content (AvgIpc) is 1.84. The molecule has 88 valence electrons. The molecule has 0 aliphatic rings. The van der Waals surface area contributed by atoms with Crippen LogP contribution in [0.4, 0.5) is 39.5 Å². The van der Waals surface area contributed by atoms with Crippen LogP contribution >= 0.6 is 0 Å². The predicted molar refractivity (Wildman–Crippen MR) is 33.5 cm³/mol. The van der Waals surface area contributed by atoms with Crippen molar-refractivity contribution in [2.24, 2.45) is 0 Å². The highest BCUT2D eigenvalue weighted by Gasteiger charge is 2.76. The molecule has 0 aliphatic heterocycles. The van der Waals surface area contributed by atoms with E-state index in [-0.39, 0.29) is 13.5 Å². The quantitative estimate of drug-likeness (QED) is 0.524. The molecule has 0 fully saturated rings. The molecule has 10 heteroatoms. The first-order chi connectivity index (χ1) is 5.44. The van der Waals surface area contributed by atoms with E-state index in [0.717, 1.165) is 0 Å². The third-order valence-corrected chi connectivity index (χ3v) is 1.05. The molecule has 0 saturated carbocycles. The summed E-state index contributed by atoms with van der Waals surface area (Å²) >= 11 is 0. The van der Waals surface area contributed by atoms with Crippen LogP contribution in [0.25, 0.3) is 0 Å². The second-order valence-corrected chi connectivity index (χ2v) is 2.00. The maximum Gasteiger partial charge on any atom is 0.460 e. The zero-order valence-electron chi connectivity index (χ0n) is 6.06. The lowest BCUT2D eigenvalue weighted by atomic mass is 10.2. The van der Waals surface area contributed by atoms with Crippen molar-refractivity contribution in [2.45, 2.75) is 24.4 Å². The van der Waals surface area contributed by atoms with Gasteiger partial charge in [-0.25, -0.2) is 8.78 Å². The Bertz CT molecular complexity index is 182. The van der Waals surface area contributed by atoms with Gasteiger partial charge in [0.05, 0.1) is 0 Å². The van der Waals surface area contributed by atoms with Gasteiger partial charge < -0.3 is 0 Å². The third kappa shape index (κ3) is 2.39. The smallest absolute Gasteiger partial charge is 0.203 e. The van der Waals surface area contributed by atoms with Gasteiger partial charge in [-0.15, -0.1) is 0 Å². The van der Waals surface area contributed by atoms with Crippen molar-refractivity contribution >= 4 is 13.5 Å². The second-order valence-electron chi connectivity index (χ2n) is 2.00. The van der Waals surface area contributed by atoms with Crippen molar-refractivity contribution in [3.63, 3.8) is 0 Å². The van der Waals surface area contributed by atoms with Crippen molar-refractivity contribution < 1.29 is 39.5 Å². The van der Waals surface area contributed by atoms with Crippen LogP contribution in [0.3, 0.4) is 0 Å². The zero-order valence-corrected chi connectivity index (χ0v) is 7.21. The average molecular weight is 255 g/mol. The van der Waals surface area contributed by atoms with E-state index in [1.807, 2.05) is 0 Å². The largest absolute Gasteiger partial charge is 0.460 e. The Labute approximate surface area is 78.5 Å². The maximum absolute atomic E-state index is 11.6. The molecule has 0 aliphatic carbocycles. The summed E-state index contributed by atoms with van der Waals surface area (Å²) in [7, 11) is 0. The summed E-state index contributed by atoms with van der Waals surface area (Å²) in [5, 5.41) is 0. The molecule has 0 bridgehead atoms. The van der Waals surface area contributed by atoms with Crippen LogP contribution in [0.1, 0.15) is 0 Å². The lowest BCUT2D eigenvalue weighted by Gasteiger charge is -2.27. The first kappa shape index (κ1) is 16.2. The summed E-state index contributed by atoms with van der Waals surface area (Å²) in [5.74, 6) is -13.1. The molecule has 0 aromatic heterocycles. The minimum atomic E-state index is -6.73. The van der Waals surface area contributed by atoms with Crippen LogP contribution in [0, 0.1) is 0 Å². The molecule has 14 heavy (non-hydrogen) atoms. The fourth-order valence-electron chi connectivity index (χ4n) is 0.326. The molecule has 0 atom stereocenters. The van der Waals surface area contributed by atoms with Crippen molar-refractivity contribution in [3.05, 3.63) is 0 Å². The minimum Gasteiger partial charge on any atom is -0.203 e. The minimum absolute atomic E-state index is 0. The fourth-order valence-corrected chi connectivity index (χ4v) is 0.326. The molecule has 0 spiro atoms. The highest BCUT2D eigenvalue weighted by atomic mass is 32.1. The van der Waals surface area contributed by atoms with Gasteiger partial charge in [0, 0.05) is 0 Å². The molecule has 0 nitrogen and oxygen atoms in total. The lowest BCUT2D eigenvalue weighted by Crippen LogP contribution is -2.55.